The van der Waals surface area contributed by atoms with Crippen molar-refractivity contribution in [1.29, 1.82) is 0 Å². The monoisotopic (exact) mass is 541 g/mol. The van der Waals surface area contributed by atoms with Gasteiger partial charge in [-0.2, -0.15) is 0 Å². The summed E-state index contributed by atoms with van der Waals surface area (Å²) in [5.74, 6) is 0.497. The number of nitrogens with one attached hydrogen (secondary N) is 1. The summed E-state index contributed by atoms with van der Waals surface area (Å²) in [6, 6.07) is 17.8. The molecule has 0 unspecified atom stereocenters. The minimum absolute atomic E-state index is 0.0639. The number of methoxy groups -OCH3 is 2. The molecule has 3 aromatic carbocycles. The standard InChI is InChI=1S/C31H35N5O4/c1-20-13-14-21(2)27(17-20)36(29(37)19-35-26-12-8-7-11-25(26)33-34-35)30(31(38)32-22-9-5-6-10-22)24-16-15-23(39-3)18-28(24)40-4/h7-8,11-18,22,30H,5-6,9-10,19H2,1-4H3,(H,32,38)/t30-/m0/s1. The van der Waals surface area contributed by atoms with Gasteiger partial charge in [-0.1, -0.05) is 42.3 Å². The Bertz CT molecular complexity index is 1530. The zero-order valence-corrected chi connectivity index (χ0v) is 23.4. The topological polar surface area (TPSA) is 98.6 Å². The van der Waals surface area contributed by atoms with Crippen LogP contribution in [0.4, 0.5) is 5.69 Å². The molecule has 1 aliphatic carbocycles. The van der Waals surface area contributed by atoms with Crippen molar-refractivity contribution in [3.8, 4) is 11.5 Å². The van der Waals surface area contributed by atoms with E-state index in [1.807, 2.05) is 56.3 Å². The molecule has 1 atom stereocenters. The summed E-state index contributed by atoms with van der Waals surface area (Å²) < 4.78 is 12.7. The average Bonchev–Trinajstić information content (AvgIpc) is 3.63. The fraction of sp³-hybridized carbons (Fsp3) is 0.355. The maximum absolute atomic E-state index is 14.4. The zero-order valence-electron chi connectivity index (χ0n) is 23.4. The van der Waals surface area contributed by atoms with Gasteiger partial charge in [0.2, 0.25) is 11.8 Å². The van der Waals surface area contributed by atoms with Gasteiger partial charge in [-0.15, -0.1) is 5.10 Å². The maximum Gasteiger partial charge on any atom is 0.249 e. The first-order chi connectivity index (χ1) is 19.4. The largest absolute Gasteiger partial charge is 0.497 e. The number of anilines is 1. The first-order valence-corrected chi connectivity index (χ1v) is 13.6. The summed E-state index contributed by atoms with van der Waals surface area (Å²) in [5, 5.41) is 11.7. The maximum atomic E-state index is 14.4. The number of carbonyl (C=O) groups is 2. The lowest BCUT2D eigenvalue weighted by Crippen LogP contribution is -2.47. The number of nitrogens with zero attached hydrogens (tertiary/aromatic N) is 4. The lowest BCUT2D eigenvalue weighted by molar-refractivity contribution is -0.127. The highest BCUT2D eigenvalue weighted by Gasteiger charge is 2.37. The van der Waals surface area contributed by atoms with Crippen molar-refractivity contribution >= 4 is 28.5 Å². The van der Waals surface area contributed by atoms with Gasteiger partial charge in [0.05, 0.1) is 19.7 Å². The normalized spacial score (nSPS) is 14.2. The van der Waals surface area contributed by atoms with Crippen molar-refractivity contribution in [2.45, 2.75) is 58.2 Å². The third-order valence-corrected chi connectivity index (χ3v) is 7.54. The second kappa shape index (κ2) is 11.8. The van der Waals surface area contributed by atoms with Crippen LogP contribution in [0.25, 0.3) is 11.0 Å². The molecule has 0 bridgehead atoms. The Kier molecular flexibility index (Phi) is 8.00. The molecule has 5 rings (SSSR count). The van der Waals surface area contributed by atoms with Crippen molar-refractivity contribution in [2.75, 3.05) is 19.1 Å². The molecule has 40 heavy (non-hydrogen) atoms. The van der Waals surface area contributed by atoms with Crippen molar-refractivity contribution in [2.24, 2.45) is 0 Å². The highest BCUT2D eigenvalue weighted by Crippen LogP contribution is 2.38. The molecule has 9 heteroatoms. The summed E-state index contributed by atoms with van der Waals surface area (Å²) in [4.78, 5) is 30.2. The van der Waals surface area contributed by atoms with Gasteiger partial charge in [-0.05, 0) is 68.1 Å². The predicted molar refractivity (Wildman–Crippen MR) is 154 cm³/mol. The summed E-state index contributed by atoms with van der Waals surface area (Å²) in [5.41, 5.74) is 4.50. The van der Waals surface area contributed by atoms with Crippen molar-refractivity contribution < 1.29 is 19.1 Å². The average molecular weight is 542 g/mol. The number of rotatable bonds is 9. The van der Waals surface area contributed by atoms with Crippen molar-refractivity contribution in [3.63, 3.8) is 0 Å². The van der Waals surface area contributed by atoms with Crippen LogP contribution in [0.2, 0.25) is 0 Å². The summed E-state index contributed by atoms with van der Waals surface area (Å²) in [6.45, 7) is 3.81. The quantitative estimate of drug-likeness (QED) is 0.324. The van der Waals surface area contributed by atoms with Gasteiger partial charge in [0.15, 0.2) is 0 Å². The molecule has 1 aromatic heterocycles. The van der Waals surface area contributed by atoms with Gasteiger partial charge >= 0.3 is 0 Å². The fourth-order valence-corrected chi connectivity index (χ4v) is 5.43. The lowest BCUT2D eigenvalue weighted by Gasteiger charge is -2.34. The molecule has 1 aliphatic rings. The Morgan fingerprint density at radius 1 is 1.02 bits per heavy atom. The third-order valence-electron chi connectivity index (χ3n) is 7.54. The Morgan fingerprint density at radius 3 is 2.55 bits per heavy atom. The van der Waals surface area contributed by atoms with Gasteiger partial charge in [0.1, 0.15) is 29.6 Å². The smallest absolute Gasteiger partial charge is 0.249 e. The van der Waals surface area contributed by atoms with Gasteiger partial charge in [-0.25, -0.2) is 4.68 Å². The van der Waals surface area contributed by atoms with Crippen molar-refractivity contribution in [3.05, 3.63) is 77.4 Å². The molecular formula is C31H35N5O4. The number of hydrogen-bond acceptors (Lipinski definition) is 6. The molecule has 1 fully saturated rings. The van der Waals surface area contributed by atoms with Crippen LogP contribution < -0.4 is 19.7 Å². The summed E-state index contributed by atoms with van der Waals surface area (Å²) >= 11 is 0. The van der Waals surface area contributed by atoms with Crippen molar-refractivity contribution in [1.82, 2.24) is 20.3 Å². The Balaban J connectivity index is 1.65. The van der Waals surface area contributed by atoms with Crippen LogP contribution in [0.15, 0.2) is 60.7 Å². The lowest BCUT2D eigenvalue weighted by atomic mass is 9.99. The first-order valence-electron chi connectivity index (χ1n) is 13.6. The molecule has 1 saturated carbocycles. The molecule has 208 valence electrons. The van der Waals surface area contributed by atoms with E-state index in [2.05, 4.69) is 15.6 Å². The number of aryl methyl sites for hydroxylation is 2. The van der Waals surface area contributed by atoms with E-state index in [-0.39, 0.29) is 24.4 Å². The molecule has 0 aliphatic heterocycles. The van der Waals surface area contributed by atoms with E-state index in [9.17, 15) is 9.59 Å². The Labute approximate surface area is 234 Å². The Morgan fingerprint density at radius 2 is 1.80 bits per heavy atom. The van der Waals surface area contributed by atoms with Crippen LogP contribution >= 0.6 is 0 Å². The van der Waals surface area contributed by atoms with Crippen LogP contribution in [0.3, 0.4) is 0 Å². The Hall–Kier alpha value is -4.40. The predicted octanol–water partition coefficient (Wildman–Crippen LogP) is 4.90. The molecule has 9 nitrogen and oxygen atoms in total. The zero-order chi connectivity index (χ0) is 28.2. The SMILES string of the molecule is COc1ccc([C@@H](C(=O)NC2CCCC2)N(C(=O)Cn2nnc3ccccc32)c2cc(C)ccc2C)c(OC)c1. The number of ether oxygens (including phenoxy) is 2. The van der Waals surface area contributed by atoms with E-state index in [0.29, 0.717) is 28.3 Å². The minimum atomic E-state index is -0.996. The minimum Gasteiger partial charge on any atom is -0.497 e. The van der Waals surface area contributed by atoms with Gasteiger partial charge in [0, 0.05) is 23.4 Å². The van der Waals surface area contributed by atoms with E-state index in [1.54, 1.807) is 42.0 Å². The van der Waals surface area contributed by atoms with E-state index in [4.69, 9.17) is 9.47 Å². The number of hydrogen-bond donors (Lipinski definition) is 1. The molecule has 0 radical (unpaired) electrons. The molecule has 0 spiro atoms. The molecule has 4 aromatic rings. The number of aromatic nitrogens is 3. The fourth-order valence-electron chi connectivity index (χ4n) is 5.43. The highest BCUT2D eigenvalue weighted by molar-refractivity contribution is 6.02. The molecule has 2 amide bonds. The summed E-state index contributed by atoms with van der Waals surface area (Å²) in [7, 11) is 3.13. The van der Waals surface area contributed by atoms with Crippen LogP contribution in [0, 0.1) is 13.8 Å². The van der Waals surface area contributed by atoms with E-state index >= 15 is 0 Å². The summed E-state index contributed by atoms with van der Waals surface area (Å²) in [6.07, 6.45) is 3.97. The molecular weight excluding hydrogens is 506 g/mol. The number of amides is 2. The number of benzene rings is 3. The number of fused-ring (bicyclic) bond motifs is 1. The van der Waals surface area contributed by atoms with Gasteiger partial charge < -0.3 is 14.8 Å². The van der Waals surface area contributed by atoms with Crippen LogP contribution in [0.1, 0.15) is 48.4 Å². The van der Waals surface area contributed by atoms with Gasteiger partial charge in [0.25, 0.3) is 0 Å². The highest BCUT2D eigenvalue weighted by atomic mass is 16.5. The second-order valence-corrected chi connectivity index (χ2v) is 10.3. The van der Waals surface area contributed by atoms with Crippen LogP contribution in [-0.4, -0.2) is 47.1 Å². The van der Waals surface area contributed by atoms with E-state index in [1.165, 1.54) is 0 Å². The second-order valence-electron chi connectivity index (χ2n) is 10.3. The molecule has 1 N–H and O–H groups in total. The molecule has 1 heterocycles. The van der Waals surface area contributed by atoms with Crippen LogP contribution in [0.5, 0.6) is 11.5 Å². The molecule has 0 saturated heterocycles. The van der Waals surface area contributed by atoms with Gasteiger partial charge in [-0.3, -0.25) is 14.5 Å². The third kappa shape index (κ3) is 5.50. The number of carbonyl (C=O) groups excluding carboxylic acids is 2. The van der Waals surface area contributed by atoms with E-state index in [0.717, 1.165) is 42.3 Å². The first kappa shape index (κ1) is 27.2. The van der Waals surface area contributed by atoms with Crippen LogP contribution in [-0.2, 0) is 16.1 Å². The van der Waals surface area contributed by atoms with E-state index < -0.39 is 6.04 Å². The number of para-hydroxylation sites is 1.